The number of carbonyl (C=O) groups excluding carboxylic acids is 3. The van der Waals surface area contributed by atoms with Crippen LogP contribution in [0.3, 0.4) is 0 Å². The predicted molar refractivity (Wildman–Crippen MR) is 86.3 cm³/mol. The Morgan fingerprint density at radius 2 is 1.71 bits per heavy atom. The molecule has 2 rings (SSSR count). The number of rotatable bonds is 10. The fraction of sp³-hybridized carbons (Fsp3) is 0.167. The molecule has 0 heterocycles. The average molecular weight is 327 g/mol. The molecule has 124 valence electrons. The van der Waals surface area contributed by atoms with Crippen molar-refractivity contribution < 1.29 is 24.0 Å². The minimum Gasteiger partial charge on any atom is -0.492 e. The number of hydrogen-bond acceptors (Lipinski definition) is 5. The Kier molecular flexibility index (Phi) is 6.67. The molecule has 0 aliphatic heterocycles. The van der Waals surface area contributed by atoms with Gasteiger partial charge in [-0.3, -0.25) is 19.2 Å². The maximum atomic E-state index is 11.2. The van der Waals surface area contributed by atoms with Crippen molar-refractivity contribution in [1.82, 2.24) is 5.06 Å². The molecule has 0 saturated carbocycles. The number of hydrogen-bond donors (Lipinski definition) is 0. The molecule has 0 fully saturated rings. The zero-order valence-corrected chi connectivity index (χ0v) is 13.0. The van der Waals surface area contributed by atoms with Gasteiger partial charge in [-0.05, 0) is 29.8 Å². The summed E-state index contributed by atoms with van der Waals surface area (Å²) in [5, 5.41) is 1.16. The van der Waals surface area contributed by atoms with E-state index in [-0.39, 0.29) is 19.4 Å². The summed E-state index contributed by atoms with van der Waals surface area (Å²) in [5.41, 5.74) is 1.26. The van der Waals surface area contributed by atoms with Gasteiger partial charge in [0.2, 0.25) is 12.2 Å². The van der Waals surface area contributed by atoms with E-state index in [1.54, 1.807) is 12.1 Å². The molecule has 0 atom stereocenters. The Balaban J connectivity index is 1.76. The Bertz CT molecular complexity index is 670. The standard InChI is InChI=1S/C18H17NO5/c20-12-18(22)16-6-8-17(9-7-16)23-11-10-19(14-21)24-13-15-4-2-1-3-5-15/h1-9,12,14H,10-11,13H2. The van der Waals surface area contributed by atoms with E-state index < -0.39 is 5.78 Å². The molecule has 0 spiro atoms. The molecule has 0 N–H and O–H groups in total. The van der Waals surface area contributed by atoms with E-state index in [9.17, 15) is 14.4 Å². The molecule has 0 aliphatic rings. The first kappa shape index (κ1) is 17.4. The second kappa shape index (κ2) is 9.22. The predicted octanol–water partition coefficient (Wildman–Crippen LogP) is 2.04. The topological polar surface area (TPSA) is 72.9 Å². The summed E-state index contributed by atoms with van der Waals surface area (Å²) in [4.78, 5) is 38.0. The summed E-state index contributed by atoms with van der Waals surface area (Å²) >= 11 is 0. The summed E-state index contributed by atoms with van der Waals surface area (Å²) in [6.07, 6.45) is 0.861. The number of ketones is 1. The van der Waals surface area contributed by atoms with Crippen LogP contribution in [-0.4, -0.2) is 36.7 Å². The van der Waals surface area contributed by atoms with Gasteiger partial charge in [-0.1, -0.05) is 30.3 Å². The van der Waals surface area contributed by atoms with Crippen LogP contribution in [0.25, 0.3) is 0 Å². The van der Waals surface area contributed by atoms with Crippen LogP contribution in [-0.2, 0) is 21.0 Å². The third kappa shape index (κ3) is 5.33. The van der Waals surface area contributed by atoms with E-state index in [0.717, 1.165) is 10.6 Å². The van der Waals surface area contributed by atoms with E-state index in [1.807, 2.05) is 30.3 Å². The molecule has 24 heavy (non-hydrogen) atoms. The molecule has 0 unspecified atom stereocenters. The number of Topliss-reactive ketones (excluding diaryl/α,β-unsaturated/α-hetero) is 1. The quantitative estimate of drug-likeness (QED) is 0.289. The number of carbonyl (C=O) groups is 3. The Morgan fingerprint density at radius 1 is 1.00 bits per heavy atom. The van der Waals surface area contributed by atoms with Gasteiger partial charge in [0.05, 0.1) is 6.54 Å². The summed E-state index contributed by atoms with van der Waals surface area (Å²) < 4.78 is 5.48. The van der Waals surface area contributed by atoms with Crippen LogP contribution in [0.1, 0.15) is 15.9 Å². The van der Waals surface area contributed by atoms with Gasteiger partial charge in [0.25, 0.3) is 0 Å². The number of aldehydes is 1. The highest BCUT2D eigenvalue weighted by atomic mass is 16.7. The molecular weight excluding hydrogens is 310 g/mol. The zero-order chi connectivity index (χ0) is 17.2. The van der Waals surface area contributed by atoms with Crippen molar-refractivity contribution >= 4 is 18.5 Å². The van der Waals surface area contributed by atoms with Gasteiger partial charge in [-0.2, -0.15) is 0 Å². The molecule has 0 radical (unpaired) electrons. The molecule has 2 aromatic rings. The lowest BCUT2D eigenvalue weighted by Crippen LogP contribution is -2.27. The maximum Gasteiger partial charge on any atom is 0.233 e. The van der Waals surface area contributed by atoms with Crippen LogP contribution < -0.4 is 4.74 Å². The van der Waals surface area contributed by atoms with Crippen molar-refractivity contribution in [3.8, 4) is 5.75 Å². The third-order valence-electron chi connectivity index (χ3n) is 3.18. The van der Waals surface area contributed by atoms with Crippen LogP contribution in [0.15, 0.2) is 54.6 Å². The van der Waals surface area contributed by atoms with Gasteiger partial charge in [-0.25, -0.2) is 5.06 Å². The molecule has 0 aliphatic carbocycles. The zero-order valence-electron chi connectivity index (χ0n) is 13.0. The molecule has 0 aromatic heterocycles. The summed E-state index contributed by atoms with van der Waals surface area (Å²) in [6.45, 7) is 0.780. The molecular formula is C18H17NO5. The largest absolute Gasteiger partial charge is 0.492 e. The minimum atomic E-state index is -0.581. The van der Waals surface area contributed by atoms with Gasteiger partial charge in [0.1, 0.15) is 19.0 Å². The molecule has 2 aromatic carbocycles. The van der Waals surface area contributed by atoms with Crippen LogP contribution >= 0.6 is 0 Å². The average Bonchev–Trinajstić information content (AvgIpc) is 2.65. The second-order valence-corrected chi connectivity index (χ2v) is 4.86. The second-order valence-electron chi connectivity index (χ2n) is 4.86. The van der Waals surface area contributed by atoms with Crippen LogP contribution in [0.4, 0.5) is 0 Å². The number of amides is 1. The van der Waals surface area contributed by atoms with Crippen molar-refractivity contribution in [2.45, 2.75) is 6.61 Å². The normalized spacial score (nSPS) is 10.0. The fourth-order valence-corrected chi connectivity index (χ4v) is 1.92. The lowest BCUT2D eigenvalue weighted by molar-refractivity contribution is -0.179. The summed E-state index contributed by atoms with van der Waals surface area (Å²) in [6, 6.07) is 15.7. The highest BCUT2D eigenvalue weighted by Crippen LogP contribution is 2.12. The van der Waals surface area contributed by atoms with Crippen LogP contribution in [0.5, 0.6) is 5.75 Å². The molecule has 6 nitrogen and oxygen atoms in total. The number of nitrogens with zero attached hydrogens (tertiary/aromatic N) is 1. The van der Waals surface area contributed by atoms with Gasteiger partial charge in [0, 0.05) is 5.56 Å². The maximum absolute atomic E-state index is 11.2. The van der Waals surface area contributed by atoms with Crippen LogP contribution in [0.2, 0.25) is 0 Å². The Labute approximate surface area is 139 Å². The minimum absolute atomic E-state index is 0.231. The van der Waals surface area contributed by atoms with Crippen molar-refractivity contribution in [1.29, 1.82) is 0 Å². The first-order valence-electron chi connectivity index (χ1n) is 7.34. The third-order valence-corrected chi connectivity index (χ3v) is 3.18. The Hall–Kier alpha value is -2.99. The van der Waals surface area contributed by atoms with Crippen LogP contribution in [0, 0.1) is 0 Å². The molecule has 1 amide bonds. The van der Waals surface area contributed by atoms with Crippen molar-refractivity contribution in [2.24, 2.45) is 0 Å². The summed E-state index contributed by atoms with van der Waals surface area (Å²) in [7, 11) is 0. The molecule has 0 bridgehead atoms. The fourth-order valence-electron chi connectivity index (χ4n) is 1.92. The number of benzene rings is 2. The summed E-state index contributed by atoms with van der Waals surface area (Å²) in [5.74, 6) is -0.0469. The first-order chi connectivity index (χ1) is 11.7. The number of hydroxylamine groups is 2. The van der Waals surface area contributed by atoms with Gasteiger partial charge < -0.3 is 4.74 Å². The van der Waals surface area contributed by atoms with E-state index in [1.165, 1.54) is 12.1 Å². The monoisotopic (exact) mass is 327 g/mol. The van der Waals surface area contributed by atoms with E-state index in [2.05, 4.69) is 0 Å². The molecule has 6 heteroatoms. The number of ether oxygens (including phenoxy) is 1. The lowest BCUT2D eigenvalue weighted by atomic mass is 10.1. The van der Waals surface area contributed by atoms with Crippen molar-refractivity contribution in [3.63, 3.8) is 0 Å². The first-order valence-corrected chi connectivity index (χ1v) is 7.34. The van der Waals surface area contributed by atoms with Gasteiger partial charge in [0.15, 0.2) is 6.29 Å². The van der Waals surface area contributed by atoms with Crippen molar-refractivity contribution in [2.75, 3.05) is 13.2 Å². The SMILES string of the molecule is O=CC(=O)c1ccc(OCCN(C=O)OCc2ccccc2)cc1. The highest BCUT2D eigenvalue weighted by molar-refractivity contribution is 6.33. The smallest absolute Gasteiger partial charge is 0.233 e. The Morgan fingerprint density at radius 3 is 2.33 bits per heavy atom. The van der Waals surface area contributed by atoms with E-state index in [4.69, 9.17) is 9.57 Å². The lowest BCUT2D eigenvalue weighted by Gasteiger charge is -2.17. The van der Waals surface area contributed by atoms with Gasteiger partial charge >= 0.3 is 0 Å². The van der Waals surface area contributed by atoms with Crippen molar-refractivity contribution in [3.05, 3.63) is 65.7 Å². The van der Waals surface area contributed by atoms with E-state index in [0.29, 0.717) is 24.3 Å². The van der Waals surface area contributed by atoms with E-state index >= 15 is 0 Å². The highest BCUT2D eigenvalue weighted by Gasteiger charge is 2.05. The van der Waals surface area contributed by atoms with Gasteiger partial charge in [-0.15, -0.1) is 0 Å². The molecule has 0 saturated heterocycles.